The number of fused-ring (bicyclic) bond motifs is 1. The zero-order valence-electron chi connectivity index (χ0n) is 15.5. The van der Waals surface area contributed by atoms with Gasteiger partial charge in [0.2, 0.25) is 5.96 Å². The second-order valence-electron chi connectivity index (χ2n) is 6.50. The molecule has 9 heteroatoms. The Labute approximate surface area is 162 Å². The molecule has 0 amide bonds. The molecule has 142 valence electrons. The maximum absolute atomic E-state index is 9.36. The van der Waals surface area contributed by atoms with Gasteiger partial charge in [-0.2, -0.15) is 10.5 Å². The third kappa shape index (κ3) is 3.65. The van der Waals surface area contributed by atoms with Gasteiger partial charge in [-0.3, -0.25) is 5.32 Å². The Morgan fingerprint density at radius 1 is 1.25 bits per heavy atom. The zero-order valence-corrected chi connectivity index (χ0v) is 15.5. The number of pyridine rings is 1. The van der Waals surface area contributed by atoms with Crippen molar-refractivity contribution in [3.63, 3.8) is 0 Å². The van der Waals surface area contributed by atoms with Gasteiger partial charge in [0, 0.05) is 5.56 Å². The monoisotopic (exact) mass is 376 g/mol. The Hall–Kier alpha value is -3.82. The summed E-state index contributed by atoms with van der Waals surface area (Å²) in [5.41, 5.74) is 14.8. The summed E-state index contributed by atoms with van der Waals surface area (Å²) in [6.45, 7) is 4.46. The lowest BCUT2D eigenvalue weighted by molar-refractivity contribution is 0.0657. The minimum Gasteiger partial charge on any atom is -0.397 e. The zero-order chi connectivity index (χ0) is 20.3. The van der Waals surface area contributed by atoms with Crippen LogP contribution < -0.4 is 22.1 Å². The third-order valence-electron chi connectivity index (χ3n) is 4.24. The Bertz CT molecular complexity index is 999. The SMILES string of the molecule is CC(C)OCc1ccc(C2N=C(NC#N)Nc3nc(N)c(C#N)c(N)c32)cc1. The molecule has 0 aliphatic carbocycles. The average molecular weight is 376 g/mol. The molecule has 0 bridgehead atoms. The molecule has 0 saturated heterocycles. The van der Waals surface area contributed by atoms with E-state index in [1.165, 1.54) is 0 Å². The highest BCUT2D eigenvalue weighted by Gasteiger charge is 2.29. The van der Waals surface area contributed by atoms with Crippen molar-refractivity contribution in [2.45, 2.75) is 32.6 Å². The number of aliphatic imine (C=N–C) groups is 1. The number of rotatable bonds is 4. The van der Waals surface area contributed by atoms with E-state index in [-0.39, 0.29) is 29.1 Å². The molecule has 9 nitrogen and oxygen atoms in total. The molecular weight excluding hydrogens is 356 g/mol. The van der Waals surface area contributed by atoms with Crippen LogP contribution in [0.15, 0.2) is 29.3 Å². The van der Waals surface area contributed by atoms with E-state index in [1.54, 1.807) is 0 Å². The first-order chi connectivity index (χ1) is 13.4. The molecule has 1 aromatic heterocycles. The standard InChI is InChI=1S/C19H20N8O/c1-10(2)28-8-11-3-5-12(6-4-11)16-14-15(22)13(7-20)17(23)26-18(14)27-19(25-16)24-9-21/h3-6,10,16H,8H2,1-2H3,(H6,22,23,24,25,26,27). The number of ether oxygens (including phenoxy) is 1. The molecule has 1 unspecified atom stereocenters. The number of aromatic nitrogens is 1. The van der Waals surface area contributed by atoms with Crippen molar-refractivity contribution in [3.8, 4) is 12.3 Å². The molecule has 1 aliphatic heterocycles. The molecular formula is C19H20N8O. The van der Waals surface area contributed by atoms with Crippen molar-refractivity contribution >= 4 is 23.3 Å². The van der Waals surface area contributed by atoms with Crippen LogP contribution in [0.25, 0.3) is 0 Å². The van der Waals surface area contributed by atoms with Gasteiger partial charge < -0.3 is 21.5 Å². The second-order valence-corrected chi connectivity index (χ2v) is 6.50. The minimum absolute atomic E-state index is 0.0180. The second kappa shape index (κ2) is 7.82. The summed E-state index contributed by atoms with van der Waals surface area (Å²) in [6, 6.07) is 9.14. The minimum atomic E-state index is -0.549. The summed E-state index contributed by atoms with van der Waals surface area (Å²) < 4.78 is 5.62. The fraction of sp³-hybridized carbons (Fsp3) is 0.263. The maximum atomic E-state index is 9.36. The van der Waals surface area contributed by atoms with Gasteiger partial charge in [0.05, 0.1) is 18.4 Å². The Balaban J connectivity index is 2.05. The molecule has 2 aromatic rings. The molecule has 0 saturated carbocycles. The van der Waals surface area contributed by atoms with Crippen LogP contribution in [0.2, 0.25) is 0 Å². The van der Waals surface area contributed by atoms with E-state index >= 15 is 0 Å². The average Bonchev–Trinajstić information content (AvgIpc) is 2.66. The van der Waals surface area contributed by atoms with Crippen LogP contribution in [-0.4, -0.2) is 17.0 Å². The van der Waals surface area contributed by atoms with E-state index in [1.807, 2.05) is 50.4 Å². The van der Waals surface area contributed by atoms with Crippen LogP contribution in [-0.2, 0) is 11.3 Å². The summed E-state index contributed by atoms with van der Waals surface area (Å²) >= 11 is 0. The number of nitriles is 2. The van der Waals surface area contributed by atoms with E-state index in [2.05, 4.69) is 20.6 Å². The van der Waals surface area contributed by atoms with E-state index < -0.39 is 6.04 Å². The quantitative estimate of drug-likeness (QED) is 0.466. The van der Waals surface area contributed by atoms with Crippen molar-refractivity contribution in [1.29, 1.82) is 10.5 Å². The normalized spacial score (nSPS) is 15.0. The lowest BCUT2D eigenvalue weighted by Gasteiger charge is -2.26. The fourth-order valence-corrected chi connectivity index (χ4v) is 2.88. The Morgan fingerprint density at radius 3 is 2.57 bits per heavy atom. The molecule has 0 fully saturated rings. The number of hydrogen-bond acceptors (Lipinski definition) is 9. The largest absolute Gasteiger partial charge is 0.397 e. The molecule has 1 aliphatic rings. The first-order valence-corrected chi connectivity index (χ1v) is 8.63. The first-order valence-electron chi connectivity index (χ1n) is 8.63. The number of benzene rings is 1. The summed E-state index contributed by atoms with van der Waals surface area (Å²) in [5.74, 6) is 0.603. The summed E-state index contributed by atoms with van der Waals surface area (Å²) in [6.07, 6.45) is 1.97. The van der Waals surface area contributed by atoms with Crippen molar-refractivity contribution in [2.24, 2.45) is 4.99 Å². The van der Waals surface area contributed by atoms with Crippen LogP contribution >= 0.6 is 0 Å². The topological polar surface area (TPSA) is 158 Å². The molecule has 0 radical (unpaired) electrons. The third-order valence-corrected chi connectivity index (χ3v) is 4.24. The van der Waals surface area contributed by atoms with Gasteiger partial charge in [-0.05, 0) is 25.0 Å². The molecule has 6 N–H and O–H groups in total. The number of nitrogens with zero attached hydrogens (tertiary/aromatic N) is 4. The predicted molar refractivity (Wildman–Crippen MR) is 106 cm³/mol. The number of hydrogen-bond donors (Lipinski definition) is 4. The first kappa shape index (κ1) is 19.0. The number of nitrogens with two attached hydrogens (primary N) is 2. The van der Waals surface area contributed by atoms with E-state index in [9.17, 15) is 5.26 Å². The molecule has 3 rings (SSSR count). The molecule has 1 aromatic carbocycles. The van der Waals surface area contributed by atoms with Crippen LogP contribution in [0.3, 0.4) is 0 Å². The van der Waals surface area contributed by atoms with E-state index in [4.69, 9.17) is 21.5 Å². The van der Waals surface area contributed by atoms with Gasteiger partial charge in [-0.25, -0.2) is 9.98 Å². The van der Waals surface area contributed by atoms with E-state index in [0.29, 0.717) is 18.0 Å². The Kier molecular flexibility index (Phi) is 5.30. The molecule has 1 atom stereocenters. The molecule has 2 heterocycles. The Morgan fingerprint density at radius 2 is 1.96 bits per heavy atom. The lowest BCUT2D eigenvalue weighted by atomic mass is 9.94. The molecule has 28 heavy (non-hydrogen) atoms. The van der Waals surface area contributed by atoms with Crippen molar-refractivity contribution in [2.75, 3.05) is 16.8 Å². The highest BCUT2D eigenvalue weighted by Crippen LogP contribution is 2.40. The van der Waals surface area contributed by atoms with Crippen LogP contribution in [0.4, 0.5) is 17.3 Å². The number of anilines is 3. The summed E-state index contributed by atoms with van der Waals surface area (Å²) in [5, 5.41) is 23.7. The lowest BCUT2D eigenvalue weighted by Crippen LogP contribution is -2.32. The van der Waals surface area contributed by atoms with Gasteiger partial charge in [-0.1, -0.05) is 24.3 Å². The van der Waals surface area contributed by atoms with Gasteiger partial charge in [0.15, 0.2) is 6.19 Å². The van der Waals surface area contributed by atoms with E-state index in [0.717, 1.165) is 11.1 Å². The van der Waals surface area contributed by atoms with Crippen LogP contribution in [0, 0.1) is 22.8 Å². The number of nitrogen functional groups attached to an aromatic ring is 2. The summed E-state index contributed by atoms with van der Waals surface area (Å²) in [4.78, 5) is 8.76. The van der Waals surface area contributed by atoms with Crippen molar-refractivity contribution in [1.82, 2.24) is 10.3 Å². The van der Waals surface area contributed by atoms with Gasteiger partial charge in [-0.15, -0.1) is 0 Å². The van der Waals surface area contributed by atoms with Crippen LogP contribution in [0.5, 0.6) is 0 Å². The van der Waals surface area contributed by atoms with Crippen molar-refractivity contribution in [3.05, 3.63) is 46.5 Å². The summed E-state index contributed by atoms with van der Waals surface area (Å²) in [7, 11) is 0. The molecule has 0 spiro atoms. The van der Waals surface area contributed by atoms with Gasteiger partial charge in [0.1, 0.15) is 29.3 Å². The van der Waals surface area contributed by atoms with Crippen LogP contribution in [0.1, 0.15) is 42.1 Å². The van der Waals surface area contributed by atoms with Gasteiger partial charge in [0.25, 0.3) is 0 Å². The maximum Gasteiger partial charge on any atom is 0.211 e. The highest BCUT2D eigenvalue weighted by molar-refractivity contribution is 5.98. The highest BCUT2D eigenvalue weighted by atomic mass is 16.5. The van der Waals surface area contributed by atoms with Gasteiger partial charge >= 0.3 is 0 Å². The fourth-order valence-electron chi connectivity index (χ4n) is 2.88. The van der Waals surface area contributed by atoms with Crippen molar-refractivity contribution < 1.29 is 4.74 Å². The smallest absolute Gasteiger partial charge is 0.211 e. The number of guanidine groups is 1. The predicted octanol–water partition coefficient (Wildman–Crippen LogP) is 1.98. The number of nitrogens with one attached hydrogen (secondary N) is 2.